The Morgan fingerprint density at radius 3 is 1.10 bits per heavy atom. The van der Waals surface area contributed by atoms with Gasteiger partial charge in [0.1, 0.15) is 0 Å². The van der Waals surface area contributed by atoms with Crippen LogP contribution in [-0.4, -0.2) is 58.8 Å². The SMILES string of the molecule is CCO[Si](OCC)(OCC)c1ccccc1.CO[Si](OC)(OC)c1ccccc1. The highest BCUT2D eigenvalue weighted by Crippen LogP contribution is 2.10. The topological polar surface area (TPSA) is 55.4 Å². The van der Waals surface area contributed by atoms with Gasteiger partial charge in [0.05, 0.1) is 0 Å². The lowest BCUT2D eigenvalue weighted by Gasteiger charge is -2.28. The van der Waals surface area contributed by atoms with Crippen molar-refractivity contribution >= 4 is 28.0 Å². The van der Waals surface area contributed by atoms with Crippen molar-refractivity contribution in [3.63, 3.8) is 0 Å². The van der Waals surface area contributed by atoms with Gasteiger partial charge in [-0.25, -0.2) is 0 Å². The molecule has 0 saturated heterocycles. The van der Waals surface area contributed by atoms with E-state index >= 15 is 0 Å². The number of rotatable bonds is 11. The highest BCUT2D eigenvalue weighted by molar-refractivity contribution is 6.75. The molecular formula is C21H34O6Si2. The fourth-order valence-electron chi connectivity index (χ4n) is 2.83. The lowest BCUT2D eigenvalue weighted by atomic mass is 10.4. The standard InChI is InChI=1S/C12H20O3Si.C9H14O3Si/c1-4-13-16(14-5-2,15-6-3)12-10-8-7-9-11-12;1-10-13(11-2,12-3)9-7-5-4-6-8-9/h7-11H,4-6H2,1-3H3;4-8H,1-3H3. The van der Waals surface area contributed by atoms with Crippen LogP contribution in [-0.2, 0) is 26.6 Å². The highest BCUT2D eigenvalue weighted by atomic mass is 28.4. The number of hydrogen-bond donors (Lipinski definition) is 0. The summed E-state index contributed by atoms with van der Waals surface area (Å²) < 4.78 is 33.3. The van der Waals surface area contributed by atoms with E-state index in [4.69, 9.17) is 26.6 Å². The van der Waals surface area contributed by atoms with Crippen molar-refractivity contribution in [2.24, 2.45) is 0 Å². The van der Waals surface area contributed by atoms with Crippen molar-refractivity contribution in [2.45, 2.75) is 20.8 Å². The molecule has 0 N–H and O–H groups in total. The Morgan fingerprint density at radius 2 is 0.828 bits per heavy atom. The second-order valence-electron chi connectivity index (χ2n) is 5.76. The molecule has 2 rings (SSSR count). The summed E-state index contributed by atoms with van der Waals surface area (Å²) in [5.41, 5.74) is 0. The molecule has 0 amide bonds. The van der Waals surface area contributed by atoms with Crippen molar-refractivity contribution in [1.82, 2.24) is 0 Å². The van der Waals surface area contributed by atoms with Crippen LogP contribution in [0.5, 0.6) is 0 Å². The number of benzene rings is 2. The molecule has 0 aliphatic heterocycles. The smallest absolute Gasteiger partial charge is 0.373 e. The molecule has 8 heteroatoms. The molecule has 29 heavy (non-hydrogen) atoms. The molecule has 0 aromatic heterocycles. The zero-order valence-corrected chi connectivity index (χ0v) is 20.3. The maximum atomic E-state index is 5.79. The Morgan fingerprint density at radius 1 is 0.517 bits per heavy atom. The van der Waals surface area contributed by atoms with Gasteiger partial charge in [-0.3, -0.25) is 0 Å². The third-order valence-electron chi connectivity index (χ3n) is 4.06. The van der Waals surface area contributed by atoms with Gasteiger partial charge in [-0.05, 0) is 20.8 Å². The van der Waals surface area contributed by atoms with E-state index in [2.05, 4.69) is 0 Å². The Labute approximate surface area is 177 Å². The van der Waals surface area contributed by atoms with Crippen LogP contribution in [0.1, 0.15) is 20.8 Å². The fraction of sp³-hybridized carbons (Fsp3) is 0.429. The van der Waals surface area contributed by atoms with E-state index < -0.39 is 17.6 Å². The minimum absolute atomic E-state index is 0.598. The van der Waals surface area contributed by atoms with Crippen LogP contribution in [0.15, 0.2) is 60.7 Å². The van der Waals surface area contributed by atoms with E-state index in [0.717, 1.165) is 10.4 Å². The summed E-state index contributed by atoms with van der Waals surface area (Å²) in [4.78, 5) is 0. The van der Waals surface area contributed by atoms with Gasteiger partial charge in [0.15, 0.2) is 0 Å². The molecule has 2 aromatic rings. The van der Waals surface area contributed by atoms with E-state index in [-0.39, 0.29) is 0 Å². The third-order valence-corrected chi connectivity index (χ3v) is 9.76. The van der Waals surface area contributed by atoms with E-state index in [9.17, 15) is 0 Å². The summed E-state index contributed by atoms with van der Waals surface area (Å²) in [5, 5.41) is 2.00. The minimum Gasteiger partial charge on any atom is -0.373 e. The van der Waals surface area contributed by atoms with Crippen molar-refractivity contribution in [3.8, 4) is 0 Å². The van der Waals surface area contributed by atoms with Crippen LogP contribution in [0.4, 0.5) is 0 Å². The van der Waals surface area contributed by atoms with Crippen molar-refractivity contribution in [1.29, 1.82) is 0 Å². The minimum atomic E-state index is -2.67. The van der Waals surface area contributed by atoms with E-state index in [1.54, 1.807) is 21.3 Å². The average molecular weight is 439 g/mol. The summed E-state index contributed by atoms with van der Waals surface area (Å²) in [6, 6.07) is 19.7. The van der Waals surface area contributed by atoms with Gasteiger partial charge in [0, 0.05) is 51.5 Å². The summed E-state index contributed by atoms with van der Waals surface area (Å²) in [6.45, 7) is 7.68. The largest absolute Gasteiger partial charge is 0.537 e. The molecule has 2 aromatic carbocycles. The molecule has 0 fully saturated rings. The zero-order chi connectivity index (χ0) is 21.6. The van der Waals surface area contributed by atoms with Crippen LogP contribution in [0, 0.1) is 0 Å². The maximum absolute atomic E-state index is 5.79. The van der Waals surface area contributed by atoms with Crippen LogP contribution >= 0.6 is 0 Å². The van der Waals surface area contributed by atoms with Gasteiger partial charge < -0.3 is 26.6 Å². The van der Waals surface area contributed by atoms with E-state index in [0.29, 0.717) is 19.8 Å². The predicted octanol–water partition coefficient (Wildman–Crippen LogP) is 2.71. The first kappa shape index (κ1) is 25.7. The first-order chi connectivity index (χ1) is 14.1. The Balaban J connectivity index is 0.000000296. The van der Waals surface area contributed by atoms with Gasteiger partial charge in [-0.1, -0.05) is 60.7 Å². The lowest BCUT2D eigenvalue weighted by molar-refractivity contribution is 0.0859. The molecule has 0 heterocycles. The van der Waals surface area contributed by atoms with Crippen LogP contribution in [0.3, 0.4) is 0 Å². The molecule has 0 aliphatic rings. The molecule has 0 atom stereocenters. The highest BCUT2D eigenvalue weighted by Gasteiger charge is 2.43. The summed E-state index contributed by atoms with van der Waals surface area (Å²) in [6.07, 6.45) is 0. The molecule has 0 aliphatic carbocycles. The first-order valence-corrected chi connectivity index (χ1v) is 13.2. The average Bonchev–Trinajstić information content (AvgIpc) is 2.78. The van der Waals surface area contributed by atoms with Gasteiger partial charge in [-0.2, -0.15) is 0 Å². The zero-order valence-electron chi connectivity index (χ0n) is 18.3. The number of hydrogen-bond acceptors (Lipinski definition) is 6. The Hall–Kier alpha value is -1.37. The summed E-state index contributed by atoms with van der Waals surface area (Å²) in [7, 11) is -0.455. The molecule has 0 unspecified atom stereocenters. The maximum Gasteiger partial charge on any atom is 0.537 e. The Bertz CT molecular complexity index is 627. The van der Waals surface area contributed by atoms with E-state index in [1.165, 1.54) is 0 Å². The second-order valence-corrected chi connectivity index (χ2v) is 11.2. The summed E-state index contributed by atoms with van der Waals surface area (Å²) in [5.74, 6) is 0. The Kier molecular flexibility index (Phi) is 12.2. The molecule has 162 valence electrons. The monoisotopic (exact) mass is 438 g/mol. The van der Waals surface area contributed by atoms with Crippen LogP contribution in [0.2, 0.25) is 0 Å². The third kappa shape index (κ3) is 7.12. The van der Waals surface area contributed by atoms with Gasteiger partial charge in [0.25, 0.3) is 0 Å². The predicted molar refractivity (Wildman–Crippen MR) is 120 cm³/mol. The quantitative estimate of drug-likeness (QED) is 0.503. The van der Waals surface area contributed by atoms with Crippen molar-refractivity contribution in [2.75, 3.05) is 41.2 Å². The molecule has 0 bridgehead atoms. The molecule has 0 spiro atoms. The van der Waals surface area contributed by atoms with Crippen molar-refractivity contribution in [3.05, 3.63) is 60.7 Å². The summed E-state index contributed by atoms with van der Waals surface area (Å²) >= 11 is 0. The first-order valence-electron chi connectivity index (χ1n) is 9.76. The molecule has 6 nitrogen and oxygen atoms in total. The molecule has 0 radical (unpaired) electrons. The normalized spacial score (nSPS) is 11.7. The van der Waals surface area contributed by atoms with E-state index in [1.807, 2.05) is 81.4 Å². The van der Waals surface area contributed by atoms with Crippen LogP contribution < -0.4 is 10.4 Å². The van der Waals surface area contributed by atoms with Gasteiger partial charge in [0.2, 0.25) is 0 Å². The molecular weight excluding hydrogens is 404 g/mol. The van der Waals surface area contributed by atoms with Crippen LogP contribution in [0.25, 0.3) is 0 Å². The lowest BCUT2D eigenvalue weighted by Crippen LogP contribution is -2.56. The van der Waals surface area contributed by atoms with Gasteiger partial charge in [-0.15, -0.1) is 0 Å². The van der Waals surface area contributed by atoms with Gasteiger partial charge >= 0.3 is 17.6 Å². The molecule has 0 saturated carbocycles. The van der Waals surface area contributed by atoms with Crippen molar-refractivity contribution < 1.29 is 26.6 Å². The second kappa shape index (κ2) is 13.8. The fourth-order valence-corrected chi connectivity index (χ4v) is 7.13.